The molecule has 1 aliphatic rings. The third-order valence-corrected chi connectivity index (χ3v) is 3.12. The Morgan fingerprint density at radius 1 is 1.40 bits per heavy atom. The summed E-state index contributed by atoms with van der Waals surface area (Å²) in [7, 11) is 0. The predicted octanol–water partition coefficient (Wildman–Crippen LogP) is 3.09. The molecule has 4 heteroatoms. The zero-order chi connectivity index (χ0) is 10.7. The zero-order valence-electron chi connectivity index (χ0n) is 8.20. The summed E-state index contributed by atoms with van der Waals surface area (Å²) in [6.45, 7) is 0. The summed E-state index contributed by atoms with van der Waals surface area (Å²) in [6.07, 6.45) is 2.95. The molecule has 0 atom stereocenters. The summed E-state index contributed by atoms with van der Waals surface area (Å²) in [5.74, 6) is 0.550. The van der Waals surface area contributed by atoms with Gasteiger partial charge in [-0.25, -0.2) is 4.79 Å². The molecule has 80 valence electrons. The minimum Gasteiger partial charge on any atom is -0.409 e. The topological polar surface area (TPSA) is 38.3 Å². The first kappa shape index (κ1) is 10.5. The molecular weight excluding hydrogens is 258 g/mol. The highest BCUT2D eigenvalue weighted by Gasteiger charge is 2.20. The van der Waals surface area contributed by atoms with Crippen LogP contribution in [0.15, 0.2) is 28.7 Å². The summed E-state index contributed by atoms with van der Waals surface area (Å²) >= 11 is 3.32. The lowest BCUT2D eigenvalue weighted by Gasteiger charge is -2.25. The van der Waals surface area contributed by atoms with Crippen LogP contribution in [0.1, 0.15) is 19.3 Å². The molecule has 1 N–H and O–H groups in total. The van der Waals surface area contributed by atoms with Gasteiger partial charge in [0.1, 0.15) is 5.75 Å². The van der Waals surface area contributed by atoms with Crippen LogP contribution in [-0.4, -0.2) is 12.1 Å². The Morgan fingerprint density at radius 2 is 2.13 bits per heavy atom. The molecule has 1 saturated carbocycles. The van der Waals surface area contributed by atoms with Gasteiger partial charge in [-0.3, -0.25) is 0 Å². The quantitative estimate of drug-likeness (QED) is 0.896. The van der Waals surface area contributed by atoms with Crippen LogP contribution in [0.2, 0.25) is 0 Å². The summed E-state index contributed by atoms with van der Waals surface area (Å²) in [4.78, 5) is 11.4. The summed E-state index contributed by atoms with van der Waals surface area (Å²) in [5.41, 5.74) is 0. The van der Waals surface area contributed by atoms with Crippen molar-refractivity contribution in [1.82, 2.24) is 5.32 Å². The third kappa shape index (κ3) is 2.72. The molecule has 0 heterocycles. The average Bonchev–Trinajstić information content (AvgIpc) is 2.16. The molecule has 1 amide bonds. The van der Waals surface area contributed by atoms with Gasteiger partial charge in [0.2, 0.25) is 0 Å². The Hall–Kier alpha value is -1.03. The molecule has 1 aromatic carbocycles. The van der Waals surface area contributed by atoms with E-state index in [1.54, 1.807) is 6.07 Å². The van der Waals surface area contributed by atoms with Gasteiger partial charge in [-0.1, -0.05) is 12.1 Å². The highest BCUT2D eigenvalue weighted by atomic mass is 79.9. The van der Waals surface area contributed by atoms with Gasteiger partial charge in [0, 0.05) is 6.04 Å². The van der Waals surface area contributed by atoms with E-state index in [9.17, 15) is 4.79 Å². The van der Waals surface area contributed by atoms with Crippen LogP contribution in [0.25, 0.3) is 0 Å². The fourth-order valence-electron chi connectivity index (χ4n) is 1.38. The number of amides is 1. The van der Waals surface area contributed by atoms with Crippen LogP contribution in [0.5, 0.6) is 5.75 Å². The van der Waals surface area contributed by atoms with Gasteiger partial charge in [-0.15, -0.1) is 0 Å². The van der Waals surface area contributed by atoms with Gasteiger partial charge in [0.25, 0.3) is 0 Å². The summed E-state index contributed by atoms with van der Waals surface area (Å²) in [5, 5.41) is 2.81. The molecule has 0 aromatic heterocycles. The van der Waals surface area contributed by atoms with E-state index in [0.717, 1.165) is 17.3 Å². The largest absolute Gasteiger partial charge is 0.412 e. The lowest BCUT2D eigenvalue weighted by Crippen LogP contribution is -2.41. The zero-order valence-corrected chi connectivity index (χ0v) is 9.79. The van der Waals surface area contributed by atoms with Crippen LogP contribution < -0.4 is 10.1 Å². The van der Waals surface area contributed by atoms with Gasteiger partial charge < -0.3 is 10.1 Å². The molecule has 0 bridgehead atoms. The molecule has 1 aromatic rings. The van der Waals surface area contributed by atoms with E-state index in [0.29, 0.717) is 11.8 Å². The SMILES string of the molecule is O=C(NC1CCC1)Oc1ccccc1Br. The van der Waals surface area contributed by atoms with E-state index < -0.39 is 0 Å². The number of benzene rings is 1. The molecule has 2 rings (SSSR count). The predicted molar refractivity (Wildman–Crippen MR) is 60.9 cm³/mol. The van der Waals surface area contributed by atoms with Crippen LogP contribution in [0.3, 0.4) is 0 Å². The van der Waals surface area contributed by atoms with E-state index in [-0.39, 0.29) is 6.09 Å². The molecule has 15 heavy (non-hydrogen) atoms. The number of ether oxygens (including phenoxy) is 1. The number of hydrogen-bond acceptors (Lipinski definition) is 2. The molecule has 0 unspecified atom stereocenters. The minimum atomic E-state index is -0.369. The maximum atomic E-state index is 11.4. The lowest BCUT2D eigenvalue weighted by atomic mass is 9.93. The molecule has 1 aliphatic carbocycles. The smallest absolute Gasteiger partial charge is 0.409 e. The first-order valence-electron chi connectivity index (χ1n) is 4.98. The van der Waals surface area contributed by atoms with Crippen molar-refractivity contribution in [2.75, 3.05) is 0 Å². The molecule has 0 aliphatic heterocycles. The number of halogens is 1. The second kappa shape index (κ2) is 4.66. The third-order valence-electron chi connectivity index (χ3n) is 2.47. The second-order valence-corrected chi connectivity index (χ2v) is 4.45. The van der Waals surface area contributed by atoms with Crippen molar-refractivity contribution in [3.05, 3.63) is 28.7 Å². The van der Waals surface area contributed by atoms with Crippen molar-refractivity contribution < 1.29 is 9.53 Å². The number of hydrogen-bond donors (Lipinski definition) is 1. The average molecular weight is 270 g/mol. The minimum absolute atomic E-state index is 0.306. The number of para-hydroxylation sites is 1. The van der Waals surface area contributed by atoms with Crippen molar-refractivity contribution in [2.24, 2.45) is 0 Å². The maximum Gasteiger partial charge on any atom is 0.412 e. The van der Waals surface area contributed by atoms with Gasteiger partial charge >= 0.3 is 6.09 Å². The van der Waals surface area contributed by atoms with Crippen LogP contribution in [0.4, 0.5) is 4.79 Å². The van der Waals surface area contributed by atoms with Crippen LogP contribution in [0, 0.1) is 0 Å². The van der Waals surface area contributed by atoms with E-state index >= 15 is 0 Å². The van der Waals surface area contributed by atoms with Gasteiger partial charge in [-0.2, -0.15) is 0 Å². The van der Waals surface area contributed by atoms with Gasteiger partial charge in [0.15, 0.2) is 0 Å². The fraction of sp³-hybridized carbons (Fsp3) is 0.364. The first-order chi connectivity index (χ1) is 7.25. The number of carbonyl (C=O) groups is 1. The molecular formula is C11H12BrNO2. The second-order valence-electron chi connectivity index (χ2n) is 3.59. The summed E-state index contributed by atoms with van der Waals surface area (Å²) < 4.78 is 5.94. The highest BCUT2D eigenvalue weighted by Crippen LogP contribution is 2.24. The number of rotatable bonds is 2. The van der Waals surface area contributed by atoms with E-state index in [1.165, 1.54) is 6.42 Å². The molecule has 3 nitrogen and oxygen atoms in total. The molecule has 0 spiro atoms. The van der Waals surface area contributed by atoms with Crippen molar-refractivity contribution in [1.29, 1.82) is 0 Å². The molecule has 0 saturated heterocycles. The van der Waals surface area contributed by atoms with Crippen LogP contribution in [-0.2, 0) is 0 Å². The monoisotopic (exact) mass is 269 g/mol. The molecule has 1 fully saturated rings. The van der Waals surface area contributed by atoms with Crippen molar-refractivity contribution in [3.63, 3.8) is 0 Å². The Kier molecular flexibility index (Phi) is 3.26. The lowest BCUT2D eigenvalue weighted by molar-refractivity contribution is 0.188. The number of carbonyl (C=O) groups excluding carboxylic acids is 1. The maximum absolute atomic E-state index is 11.4. The van der Waals surface area contributed by atoms with Crippen molar-refractivity contribution in [3.8, 4) is 5.75 Å². The Labute approximate surface area is 96.9 Å². The van der Waals surface area contributed by atoms with Crippen molar-refractivity contribution in [2.45, 2.75) is 25.3 Å². The Morgan fingerprint density at radius 3 is 2.73 bits per heavy atom. The normalized spacial score (nSPS) is 15.5. The number of nitrogens with one attached hydrogen (secondary N) is 1. The Balaban J connectivity index is 1.90. The molecule has 0 radical (unpaired) electrons. The van der Waals surface area contributed by atoms with E-state index in [1.807, 2.05) is 18.2 Å². The fourth-order valence-corrected chi connectivity index (χ4v) is 1.74. The van der Waals surface area contributed by atoms with Gasteiger partial charge in [-0.05, 0) is 47.3 Å². The standard InChI is InChI=1S/C11H12BrNO2/c12-9-6-1-2-7-10(9)15-11(14)13-8-4-3-5-8/h1-2,6-8H,3-5H2,(H,13,14). The summed E-state index contributed by atoms with van der Waals surface area (Å²) in [6, 6.07) is 7.61. The Bertz CT molecular complexity index is 363. The van der Waals surface area contributed by atoms with Gasteiger partial charge in [0.05, 0.1) is 4.47 Å². The van der Waals surface area contributed by atoms with Crippen LogP contribution >= 0.6 is 15.9 Å². The van der Waals surface area contributed by atoms with E-state index in [4.69, 9.17) is 4.74 Å². The van der Waals surface area contributed by atoms with E-state index in [2.05, 4.69) is 21.2 Å². The highest BCUT2D eigenvalue weighted by molar-refractivity contribution is 9.10. The van der Waals surface area contributed by atoms with Crippen molar-refractivity contribution >= 4 is 22.0 Å². The first-order valence-corrected chi connectivity index (χ1v) is 5.78.